The summed E-state index contributed by atoms with van der Waals surface area (Å²) in [7, 11) is 3.31. The third-order valence-electron chi connectivity index (χ3n) is 5.20. The van der Waals surface area contributed by atoms with Crippen LogP contribution < -0.4 is 15.0 Å². The van der Waals surface area contributed by atoms with E-state index in [0.29, 0.717) is 12.8 Å². The van der Waals surface area contributed by atoms with Crippen molar-refractivity contribution in [2.24, 2.45) is 0 Å². The average Bonchev–Trinajstić information content (AvgIpc) is 2.81. The highest BCUT2D eigenvalue weighted by Gasteiger charge is 2.23. The molecule has 0 fully saturated rings. The molecule has 3 rings (SSSR count). The highest BCUT2D eigenvalue weighted by molar-refractivity contribution is 5.98. The molecule has 0 spiro atoms. The first-order valence-electron chi connectivity index (χ1n) is 11.1. The summed E-state index contributed by atoms with van der Waals surface area (Å²) in [5, 5.41) is 2.77. The van der Waals surface area contributed by atoms with Gasteiger partial charge in [-0.15, -0.1) is 0 Å². The number of aryl methyl sites for hydroxylation is 3. The molecule has 2 amide bonds. The molecule has 0 bridgehead atoms. The summed E-state index contributed by atoms with van der Waals surface area (Å²) in [6, 6.07) is 25.0. The smallest absolute Gasteiger partial charge is 0.249 e. The summed E-state index contributed by atoms with van der Waals surface area (Å²) in [6.07, 6.45) is 1.26. The minimum atomic E-state index is -0.565. The van der Waals surface area contributed by atoms with E-state index in [1.165, 1.54) is 18.1 Å². The van der Waals surface area contributed by atoms with Crippen molar-refractivity contribution in [1.29, 1.82) is 0 Å². The quantitative estimate of drug-likeness (QED) is 0.490. The monoisotopic (exact) mass is 452 g/mol. The average molecular weight is 453 g/mol. The van der Waals surface area contributed by atoms with Crippen molar-refractivity contribution in [2.75, 3.05) is 19.1 Å². The lowest BCUT2D eigenvalue weighted by Crippen LogP contribution is -2.47. The summed E-state index contributed by atoms with van der Waals surface area (Å²) < 4.78 is 5.14. The van der Waals surface area contributed by atoms with Crippen LogP contribution in [0.4, 0.5) is 5.69 Å². The van der Waals surface area contributed by atoms with Gasteiger partial charge in [-0.1, -0.05) is 65.7 Å². The van der Waals surface area contributed by atoms with Crippen LogP contribution in [0.1, 0.15) is 34.3 Å². The van der Waals surface area contributed by atoms with Crippen LogP contribution in [-0.2, 0) is 16.0 Å². The second kappa shape index (κ2) is 13.1. The predicted molar refractivity (Wildman–Crippen MR) is 141 cm³/mol. The molecule has 180 valence electrons. The molecule has 0 heterocycles. The molecular weight excluding hydrogens is 412 g/mol. The number of methoxy groups -OCH3 is 1. The van der Waals surface area contributed by atoms with Gasteiger partial charge in [0.2, 0.25) is 11.8 Å². The van der Waals surface area contributed by atoms with Crippen molar-refractivity contribution >= 4 is 17.5 Å². The van der Waals surface area contributed by atoms with E-state index in [4.69, 9.17) is 4.74 Å². The van der Waals surface area contributed by atoms with Gasteiger partial charge < -0.3 is 15.0 Å². The van der Waals surface area contributed by atoms with Gasteiger partial charge in [-0.3, -0.25) is 9.59 Å². The Labute approximate surface area is 201 Å². The van der Waals surface area contributed by atoms with Crippen molar-refractivity contribution in [2.45, 2.75) is 39.7 Å². The number of likely N-dealkylation sites (N-methyl/N-ethyl adjacent to an activating group) is 1. The van der Waals surface area contributed by atoms with Crippen LogP contribution in [0, 0.1) is 13.8 Å². The number of anilines is 1. The summed E-state index contributed by atoms with van der Waals surface area (Å²) in [5.41, 5.74) is 4.56. The number of amides is 2. The fourth-order valence-electron chi connectivity index (χ4n) is 3.43. The number of nitrogens with one attached hydrogen (secondary N) is 1. The maximum atomic E-state index is 12.8. The third kappa shape index (κ3) is 8.81. The molecule has 0 aliphatic heterocycles. The Bertz CT molecular complexity index is 1010. The number of hydrogen-bond donors (Lipinski definition) is 1. The Hall–Kier alpha value is -3.60. The van der Waals surface area contributed by atoms with E-state index in [1.54, 1.807) is 31.2 Å². The zero-order chi connectivity index (χ0) is 24.2. The summed E-state index contributed by atoms with van der Waals surface area (Å²) in [5.74, 6) is 0.373. The molecule has 5 heteroatoms. The molecule has 1 N–H and O–H groups in total. The predicted octanol–water partition coefficient (Wildman–Crippen LogP) is 5.84. The normalized spacial score (nSPS) is 10.9. The SMILES string of the molecule is COc1ccc(N(C)C(=O)[C@H](CCc2ccccc2)NC(C)=O)cc1.Cc1cccc(C)c1.[HH].[HH].[HH]. The fraction of sp³-hybridized carbons (Fsp3) is 0.286. The van der Waals surface area contributed by atoms with E-state index < -0.39 is 6.04 Å². The Morgan fingerprint density at radius 2 is 1.55 bits per heavy atom. The Morgan fingerprint density at radius 3 is 2.03 bits per heavy atom. The molecular formula is C28H40N2O3. The van der Waals surface area contributed by atoms with Crippen molar-refractivity contribution in [3.63, 3.8) is 0 Å². The standard InChI is InChI=1S/C20H24N2O3.C8H10.3H2/c1-15(23)21-19(14-9-16-7-5-4-6-8-16)20(24)22(2)17-10-12-18(25-3)13-11-17;1-7-4-3-5-8(2)6-7;;;/h4-8,10-13,19H,9,14H2,1-3H3,(H,21,23);3-6H,1-2H3;3*1H/t19-;;;;/m0..../s1. The van der Waals surface area contributed by atoms with E-state index in [-0.39, 0.29) is 16.1 Å². The molecule has 0 radical (unpaired) electrons. The number of benzene rings is 3. The number of ether oxygens (including phenoxy) is 1. The van der Waals surface area contributed by atoms with Gasteiger partial charge in [-0.2, -0.15) is 0 Å². The molecule has 0 aromatic heterocycles. The highest BCUT2D eigenvalue weighted by Crippen LogP contribution is 2.19. The molecule has 0 unspecified atom stereocenters. The van der Waals surface area contributed by atoms with Crippen LogP contribution in [-0.4, -0.2) is 32.0 Å². The van der Waals surface area contributed by atoms with Gasteiger partial charge in [0.1, 0.15) is 11.8 Å². The number of carbonyl (C=O) groups is 2. The third-order valence-corrected chi connectivity index (χ3v) is 5.20. The van der Waals surface area contributed by atoms with Crippen molar-refractivity contribution in [1.82, 2.24) is 5.32 Å². The van der Waals surface area contributed by atoms with Crippen molar-refractivity contribution in [3.05, 3.63) is 95.6 Å². The zero-order valence-electron chi connectivity index (χ0n) is 20.2. The van der Waals surface area contributed by atoms with Gasteiger partial charge >= 0.3 is 0 Å². The van der Waals surface area contributed by atoms with Gasteiger partial charge in [0.25, 0.3) is 0 Å². The number of hydrogen-bond acceptors (Lipinski definition) is 3. The molecule has 3 aromatic carbocycles. The molecule has 1 atom stereocenters. The summed E-state index contributed by atoms with van der Waals surface area (Å²) >= 11 is 0. The first-order chi connectivity index (χ1) is 15.8. The van der Waals surface area contributed by atoms with Crippen LogP contribution in [0.15, 0.2) is 78.9 Å². The van der Waals surface area contributed by atoms with E-state index in [0.717, 1.165) is 17.0 Å². The highest BCUT2D eigenvalue weighted by atomic mass is 16.5. The Kier molecular flexibility index (Phi) is 10.2. The molecule has 0 saturated carbocycles. The van der Waals surface area contributed by atoms with E-state index in [9.17, 15) is 9.59 Å². The van der Waals surface area contributed by atoms with Crippen LogP contribution in [0.25, 0.3) is 0 Å². The maximum absolute atomic E-state index is 12.8. The molecule has 0 saturated heterocycles. The zero-order valence-corrected chi connectivity index (χ0v) is 20.2. The van der Waals surface area contributed by atoms with Gasteiger partial charge in [0.05, 0.1) is 7.11 Å². The van der Waals surface area contributed by atoms with Gasteiger partial charge in [0.15, 0.2) is 0 Å². The lowest BCUT2D eigenvalue weighted by atomic mass is 10.0. The molecule has 5 nitrogen and oxygen atoms in total. The largest absolute Gasteiger partial charge is 0.497 e. The van der Waals surface area contributed by atoms with Crippen LogP contribution in [0.5, 0.6) is 5.75 Å². The van der Waals surface area contributed by atoms with Gasteiger partial charge in [0, 0.05) is 23.9 Å². The summed E-state index contributed by atoms with van der Waals surface area (Å²) in [6.45, 7) is 5.64. The second-order valence-electron chi connectivity index (χ2n) is 8.03. The number of carbonyl (C=O) groups excluding carboxylic acids is 2. The minimum absolute atomic E-state index is 0. The lowest BCUT2D eigenvalue weighted by Gasteiger charge is -2.24. The van der Waals surface area contributed by atoms with Crippen LogP contribution >= 0.6 is 0 Å². The molecule has 0 aliphatic carbocycles. The fourth-order valence-corrected chi connectivity index (χ4v) is 3.43. The minimum Gasteiger partial charge on any atom is -0.497 e. The van der Waals surface area contributed by atoms with Crippen molar-refractivity contribution in [3.8, 4) is 5.75 Å². The Morgan fingerprint density at radius 1 is 0.939 bits per heavy atom. The van der Waals surface area contributed by atoms with Crippen LogP contribution in [0.3, 0.4) is 0 Å². The first kappa shape index (κ1) is 25.7. The summed E-state index contributed by atoms with van der Waals surface area (Å²) in [4.78, 5) is 25.9. The van der Waals surface area contributed by atoms with Gasteiger partial charge in [-0.25, -0.2) is 0 Å². The number of nitrogens with zero attached hydrogens (tertiary/aromatic N) is 1. The maximum Gasteiger partial charge on any atom is 0.249 e. The van der Waals surface area contributed by atoms with E-state index in [2.05, 4.69) is 43.4 Å². The molecule has 3 aromatic rings. The van der Waals surface area contributed by atoms with Crippen LogP contribution in [0.2, 0.25) is 0 Å². The Balaban J connectivity index is 0. The second-order valence-corrected chi connectivity index (χ2v) is 8.03. The molecule has 33 heavy (non-hydrogen) atoms. The van der Waals surface area contributed by atoms with E-state index in [1.807, 2.05) is 42.5 Å². The lowest BCUT2D eigenvalue weighted by molar-refractivity contribution is -0.126. The van der Waals surface area contributed by atoms with E-state index >= 15 is 0 Å². The van der Waals surface area contributed by atoms with Gasteiger partial charge in [-0.05, 0) is 56.5 Å². The number of rotatable bonds is 7. The molecule has 0 aliphatic rings. The van der Waals surface area contributed by atoms with Crippen molar-refractivity contribution < 1.29 is 18.6 Å². The first-order valence-corrected chi connectivity index (χ1v) is 11.1. The topological polar surface area (TPSA) is 58.6 Å².